The summed E-state index contributed by atoms with van der Waals surface area (Å²) >= 11 is 3.27. The molecule has 0 bridgehead atoms. The van der Waals surface area contributed by atoms with Crippen LogP contribution in [-0.4, -0.2) is 16.9 Å². The van der Waals surface area contributed by atoms with Gasteiger partial charge in [0.2, 0.25) is 0 Å². The van der Waals surface area contributed by atoms with Crippen LogP contribution in [0, 0.1) is 0 Å². The maximum absolute atomic E-state index is 11.0. The van der Waals surface area contributed by atoms with Crippen molar-refractivity contribution in [2.45, 2.75) is 19.3 Å². The Morgan fingerprint density at radius 2 is 2.13 bits per heavy atom. The number of Topliss-reactive ketones (excluding diaryl/α,β-unsaturated/α-hetero) is 1. The molecule has 0 radical (unpaired) electrons. The molecule has 0 saturated carbocycles. The van der Waals surface area contributed by atoms with Crippen LogP contribution in [0.3, 0.4) is 0 Å². The van der Waals surface area contributed by atoms with Crippen molar-refractivity contribution in [3.05, 3.63) is 34.3 Å². The van der Waals surface area contributed by atoms with Gasteiger partial charge in [0, 0.05) is 10.9 Å². The van der Waals surface area contributed by atoms with Gasteiger partial charge in [0.25, 0.3) is 0 Å². The highest BCUT2D eigenvalue weighted by Crippen LogP contribution is 2.23. The summed E-state index contributed by atoms with van der Waals surface area (Å²) in [6.07, 6.45) is 0.0335. The van der Waals surface area contributed by atoms with Gasteiger partial charge in [-0.05, 0) is 24.6 Å². The predicted molar refractivity (Wildman–Crippen MR) is 59.8 cm³/mol. The highest BCUT2D eigenvalue weighted by molar-refractivity contribution is 9.10. The summed E-state index contributed by atoms with van der Waals surface area (Å²) in [4.78, 5) is 21.9. The molecule has 0 spiro atoms. The van der Waals surface area contributed by atoms with E-state index in [1.807, 2.05) is 6.07 Å². The highest BCUT2D eigenvalue weighted by Gasteiger charge is 2.21. The standard InChI is InChI=1S/C11H11BrO3/c1-7(13)5-10(11(14)15)8-3-2-4-9(12)6-8/h2-4,6,10H,5H2,1H3,(H,14,15). The van der Waals surface area contributed by atoms with Crippen LogP contribution in [0.15, 0.2) is 28.7 Å². The number of benzene rings is 1. The fourth-order valence-corrected chi connectivity index (χ4v) is 1.78. The van der Waals surface area contributed by atoms with Gasteiger partial charge in [0.1, 0.15) is 5.78 Å². The van der Waals surface area contributed by atoms with E-state index in [4.69, 9.17) is 5.11 Å². The molecule has 1 aromatic rings. The Bertz CT molecular complexity index is 387. The van der Waals surface area contributed by atoms with Crippen LogP contribution in [0.4, 0.5) is 0 Å². The molecule has 3 nitrogen and oxygen atoms in total. The Morgan fingerprint density at radius 1 is 1.47 bits per heavy atom. The number of hydrogen-bond acceptors (Lipinski definition) is 2. The van der Waals surface area contributed by atoms with E-state index in [0.717, 1.165) is 4.47 Å². The van der Waals surface area contributed by atoms with Crippen LogP contribution in [-0.2, 0) is 9.59 Å². The van der Waals surface area contributed by atoms with Gasteiger partial charge in [0.05, 0.1) is 5.92 Å². The molecule has 1 unspecified atom stereocenters. The summed E-state index contributed by atoms with van der Waals surface area (Å²) in [5.74, 6) is -1.84. The lowest BCUT2D eigenvalue weighted by Gasteiger charge is -2.10. The van der Waals surface area contributed by atoms with E-state index < -0.39 is 11.9 Å². The first-order valence-corrected chi connectivity index (χ1v) is 5.27. The maximum Gasteiger partial charge on any atom is 0.311 e. The lowest BCUT2D eigenvalue weighted by atomic mass is 9.94. The normalized spacial score (nSPS) is 12.1. The third-order valence-electron chi connectivity index (χ3n) is 2.04. The number of rotatable bonds is 4. The predicted octanol–water partition coefficient (Wildman–Crippen LogP) is 2.60. The maximum atomic E-state index is 11.0. The van der Waals surface area contributed by atoms with E-state index >= 15 is 0 Å². The molecular weight excluding hydrogens is 260 g/mol. The number of carbonyl (C=O) groups excluding carboxylic acids is 1. The number of carboxylic acid groups (broad SMARTS) is 1. The summed E-state index contributed by atoms with van der Waals surface area (Å²) in [6.45, 7) is 1.40. The quantitative estimate of drug-likeness (QED) is 0.915. The zero-order valence-electron chi connectivity index (χ0n) is 8.24. The smallest absolute Gasteiger partial charge is 0.311 e. The molecule has 0 aliphatic carbocycles. The van der Waals surface area contributed by atoms with Gasteiger partial charge < -0.3 is 5.11 Å². The molecule has 0 heterocycles. The van der Waals surface area contributed by atoms with E-state index in [0.29, 0.717) is 5.56 Å². The highest BCUT2D eigenvalue weighted by atomic mass is 79.9. The zero-order valence-corrected chi connectivity index (χ0v) is 9.82. The Morgan fingerprint density at radius 3 is 2.60 bits per heavy atom. The molecule has 1 atom stereocenters. The van der Waals surface area contributed by atoms with Crippen molar-refractivity contribution in [3.63, 3.8) is 0 Å². The second-order valence-electron chi connectivity index (χ2n) is 3.35. The molecular formula is C11H11BrO3. The molecule has 1 rings (SSSR count). The van der Waals surface area contributed by atoms with Crippen LogP contribution >= 0.6 is 15.9 Å². The first kappa shape index (κ1) is 11.9. The summed E-state index contributed by atoms with van der Waals surface area (Å²) in [6, 6.07) is 7.01. The molecule has 1 N–H and O–H groups in total. The van der Waals surface area contributed by atoms with Crippen LogP contribution in [0.2, 0.25) is 0 Å². The minimum atomic E-state index is -0.969. The molecule has 15 heavy (non-hydrogen) atoms. The van der Waals surface area contributed by atoms with Crippen LogP contribution in [0.5, 0.6) is 0 Å². The average molecular weight is 271 g/mol. The first-order valence-electron chi connectivity index (χ1n) is 4.48. The van der Waals surface area contributed by atoms with Gasteiger partial charge in [-0.25, -0.2) is 0 Å². The average Bonchev–Trinajstić information content (AvgIpc) is 2.13. The van der Waals surface area contributed by atoms with Crippen LogP contribution < -0.4 is 0 Å². The van der Waals surface area contributed by atoms with Gasteiger partial charge in [-0.2, -0.15) is 0 Å². The van der Waals surface area contributed by atoms with Crippen LogP contribution in [0.1, 0.15) is 24.8 Å². The number of carbonyl (C=O) groups is 2. The molecule has 0 fully saturated rings. The fourth-order valence-electron chi connectivity index (χ4n) is 1.36. The van der Waals surface area contributed by atoms with Crippen molar-refractivity contribution in [1.82, 2.24) is 0 Å². The van der Waals surface area contributed by atoms with E-state index in [1.165, 1.54) is 6.92 Å². The van der Waals surface area contributed by atoms with Gasteiger partial charge in [-0.3, -0.25) is 9.59 Å². The molecule has 0 aliphatic rings. The number of carboxylic acids is 1. The van der Waals surface area contributed by atoms with Crippen LogP contribution in [0.25, 0.3) is 0 Å². The van der Waals surface area contributed by atoms with Crippen molar-refractivity contribution in [2.24, 2.45) is 0 Å². The second-order valence-corrected chi connectivity index (χ2v) is 4.27. The third-order valence-corrected chi connectivity index (χ3v) is 2.53. The van der Waals surface area contributed by atoms with Gasteiger partial charge >= 0.3 is 5.97 Å². The summed E-state index contributed by atoms with van der Waals surface area (Å²) < 4.78 is 0.815. The van der Waals surface area contributed by atoms with E-state index in [1.54, 1.807) is 18.2 Å². The minimum Gasteiger partial charge on any atom is -0.481 e. The first-order chi connectivity index (χ1) is 7.00. The van der Waals surface area contributed by atoms with Crippen molar-refractivity contribution < 1.29 is 14.7 Å². The molecule has 0 amide bonds. The summed E-state index contributed by atoms with van der Waals surface area (Å²) in [7, 11) is 0. The third kappa shape index (κ3) is 3.47. The topological polar surface area (TPSA) is 54.4 Å². The molecule has 0 aliphatic heterocycles. The summed E-state index contributed by atoms with van der Waals surface area (Å²) in [5.41, 5.74) is 0.645. The monoisotopic (exact) mass is 270 g/mol. The SMILES string of the molecule is CC(=O)CC(C(=O)O)c1cccc(Br)c1. The van der Waals surface area contributed by atoms with Crippen molar-refractivity contribution in [3.8, 4) is 0 Å². The minimum absolute atomic E-state index is 0.0335. The molecule has 4 heteroatoms. The van der Waals surface area contributed by atoms with E-state index in [-0.39, 0.29) is 12.2 Å². The number of hydrogen-bond donors (Lipinski definition) is 1. The Balaban J connectivity index is 2.98. The van der Waals surface area contributed by atoms with E-state index in [2.05, 4.69) is 15.9 Å². The zero-order chi connectivity index (χ0) is 11.4. The van der Waals surface area contributed by atoms with Crippen molar-refractivity contribution >= 4 is 27.7 Å². The number of aliphatic carboxylic acids is 1. The molecule has 1 aromatic carbocycles. The van der Waals surface area contributed by atoms with Gasteiger partial charge in [-0.15, -0.1) is 0 Å². The molecule has 0 aromatic heterocycles. The van der Waals surface area contributed by atoms with E-state index in [9.17, 15) is 9.59 Å². The Labute approximate surface area is 96.2 Å². The summed E-state index contributed by atoms with van der Waals surface area (Å²) in [5, 5.41) is 9.00. The molecule has 0 saturated heterocycles. The van der Waals surface area contributed by atoms with Gasteiger partial charge in [0.15, 0.2) is 0 Å². The Hall–Kier alpha value is -1.16. The lowest BCUT2D eigenvalue weighted by molar-refractivity contribution is -0.140. The second kappa shape index (κ2) is 5.07. The largest absolute Gasteiger partial charge is 0.481 e. The molecule has 80 valence electrons. The fraction of sp³-hybridized carbons (Fsp3) is 0.273. The number of ketones is 1. The van der Waals surface area contributed by atoms with Crippen molar-refractivity contribution in [1.29, 1.82) is 0 Å². The van der Waals surface area contributed by atoms with Gasteiger partial charge in [-0.1, -0.05) is 28.1 Å². The number of halogens is 1. The lowest BCUT2D eigenvalue weighted by Crippen LogP contribution is -2.14. The van der Waals surface area contributed by atoms with Crippen molar-refractivity contribution in [2.75, 3.05) is 0 Å². The Kier molecular flexibility index (Phi) is 4.03.